The third-order valence-electron chi connectivity index (χ3n) is 2.90. The lowest BCUT2D eigenvalue weighted by molar-refractivity contribution is 0.102. The lowest BCUT2D eigenvalue weighted by Gasteiger charge is -2.12. The number of methoxy groups -OCH3 is 2. The Labute approximate surface area is 136 Å². The molecule has 116 valence electrons. The Morgan fingerprint density at radius 1 is 1.14 bits per heavy atom. The van der Waals surface area contributed by atoms with E-state index in [0.29, 0.717) is 11.5 Å². The number of carbonyl (C=O) groups excluding carboxylic acids is 1. The van der Waals surface area contributed by atoms with Gasteiger partial charge in [0.05, 0.1) is 30.0 Å². The minimum Gasteiger partial charge on any atom is -0.493 e. The van der Waals surface area contributed by atoms with E-state index >= 15 is 0 Å². The van der Waals surface area contributed by atoms with E-state index in [4.69, 9.17) is 32.7 Å². The lowest BCUT2D eigenvalue weighted by atomic mass is 10.1. The molecule has 1 amide bonds. The van der Waals surface area contributed by atoms with Crippen molar-refractivity contribution in [3.8, 4) is 11.5 Å². The highest BCUT2D eigenvalue weighted by Crippen LogP contribution is 2.36. The number of nitrogens with one attached hydrogen (secondary N) is 1. The fourth-order valence-electron chi connectivity index (χ4n) is 1.84. The van der Waals surface area contributed by atoms with Gasteiger partial charge in [-0.15, -0.1) is 0 Å². The van der Waals surface area contributed by atoms with Crippen molar-refractivity contribution in [2.45, 2.75) is 0 Å². The summed E-state index contributed by atoms with van der Waals surface area (Å²) in [5.41, 5.74) is 0.172. The van der Waals surface area contributed by atoms with Gasteiger partial charge in [0.25, 0.3) is 5.91 Å². The van der Waals surface area contributed by atoms with Crippen LogP contribution in [0.5, 0.6) is 11.5 Å². The third kappa shape index (κ3) is 3.26. The van der Waals surface area contributed by atoms with Crippen molar-refractivity contribution in [1.29, 1.82) is 0 Å². The predicted molar refractivity (Wildman–Crippen MR) is 83.9 cm³/mol. The van der Waals surface area contributed by atoms with Gasteiger partial charge in [-0.3, -0.25) is 4.79 Å². The Hall–Kier alpha value is -1.98. The number of ether oxygens (including phenoxy) is 2. The second-order valence-electron chi connectivity index (χ2n) is 4.25. The highest BCUT2D eigenvalue weighted by atomic mass is 35.5. The number of hydrogen-bond donors (Lipinski definition) is 1. The van der Waals surface area contributed by atoms with Crippen LogP contribution in [0.15, 0.2) is 30.3 Å². The van der Waals surface area contributed by atoms with E-state index < -0.39 is 11.7 Å². The number of carbonyl (C=O) groups is 1. The summed E-state index contributed by atoms with van der Waals surface area (Å²) >= 11 is 11.7. The molecule has 0 aliphatic heterocycles. The normalized spacial score (nSPS) is 10.2. The maximum atomic E-state index is 13.8. The molecular weight excluding hydrogens is 332 g/mol. The van der Waals surface area contributed by atoms with Crippen LogP contribution in [0.4, 0.5) is 10.1 Å². The van der Waals surface area contributed by atoms with Crippen LogP contribution >= 0.6 is 23.2 Å². The van der Waals surface area contributed by atoms with Gasteiger partial charge in [0, 0.05) is 5.56 Å². The maximum Gasteiger partial charge on any atom is 0.255 e. The van der Waals surface area contributed by atoms with Crippen LogP contribution in [-0.2, 0) is 0 Å². The number of amides is 1. The molecule has 2 aromatic rings. The molecule has 0 heterocycles. The second kappa shape index (κ2) is 6.85. The monoisotopic (exact) mass is 343 g/mol. The van der Waals surface area contributed by atoms with Crippen molar-refractivity contribution in [3.63, 3.8) is 0 Å². The van der Waals surface area contributed by atoms with Gasteiger partial charge in [0.15, 0.2) is 17.3 Å². The molecule has 1 N–H and O–H groups in total. The van der Waals surface area contributed by atoms with Gasteiger partial charge in [-0.2, -0.15) is 0 Å². The highest BCUT2D eigenvalue weighted by molar-refractivity contribution is 6.33. The average Bonchev–Trinajstić information content (AvgIpc) is 2.50. The van der Waals surface area contributed by atoms with Gasteiger partial charge < -0.3 is 14.8 Å². The summed E-state index contributed by atoms with van der Waals surface area (Å²) in [6.07, 6.45) is 0. The Morgan fingerprint density at radius 3 is 2.50 bits per heavy atom. The summed E-state index contributed by atoms with van der Waals surface area (Å²) in [5, 5.41) is 2.56. The molecule has 0 spiro atoms. The molecule has 2 aromatic carbocycles. The van der Waals surface area contributed by atoms with Crippen LogP contribution in [0.25, 0.3) is 0 Å². The Morgan fingerprint density at radius 2 is 1.86 bits per heavy atom. The number of hydrogen-bond acceptors (Lipinski definition) is 3. The summed E-state index contributed by atoms with van der Waals surface area (Å²) in [7, 11) is 2.86. The van der Waals surface area contributed by atoms with Gasteiger partial charge >= 0.3 is 0 Å². The molecule has 0 saturated heterocycles. The highest BCUT2D eigenvalue weighted by Gasteiger charge is 2.17. The first-order valence-corrected chi connectivity index (χ1v) is 6.90. The zero-order chi connectivity index (χ0) is 16.3. The molecule has 0 fully saturated rings. The fourth-order valence-corrected chi connectivity index (χ4v) is 2.31. The Kier molecular flexibility index (Phi) is 5.11. The van der Waals surface area contributed by atoms with Gasteiger partial charge in [-0.05, 0) is 24.3 Å². The molecule has 7 heteroatoms. The lowest BCUT2D eigenvalue weighted by Crippen LogP contribution is -2.13. The van der Waals surface area contributed by atoms with Crippen molar-refractivity contribution >= 4 is 34.8 Å². The quantitative estimate of drug-likeness (QED) is 0.894. The van der Waals surface area contributed by atoms with E-state index in [2.05, 4.69) is 5.32 Å². The fraction of sp³-hybridized carbons (Fsp3) is 0.133. The number of halogens is 3. The molecule has 0 unspecified atom stereocenters. The standard InChI is InChI=1S/C15H12Cl2FNO3/c1-21-12-7-8(6-10(17)14(12)22-2)15(20)19-11-5-3-4-9(16)13(11)18/h3-7H,1-2H3,(H,19,20). The molecule has 0 aromatic heterocycles. The maximum absolute atomic E-state index is 13.8. The molecule has 0 radical (unpaired) electrons. The van der Waals surface area contributed by atoms with Crippen molar-refractivity contribution < 1.29 is 18.7 Å². The summed E-state index contributed by atoms with van der Waals surface area (Å²) in [6, 6.07) is 7.17. The predicted octanol–water partition coefficient (Wildman–Crippen LogP) is 4.40. The van der Waals surface area contributed by atoms with Gasteiger partial charge in [0.1, 0.15) is 0 Å². The van der Waals surface area contributed by atoms with E-state index in [1.165, 1.54) is 44.6 Å². The second-order valence-corrected chi connectivity index (χ2v) is 5.06. The summed E-state index contributed by atoms with van der Waals surface area (Å²) < 4.78 is 24.0. The molecule has 22 heavy (non-hydrogen) atoms. The summed E-state index contributed by atoms with van der Waals surface area (Å²) in [6.45, 7) is 0. The molecule has 0 aliphatic carbocycles. The first-order chi connectivity index (χ1) is 10.5. The van der Waals surface area contributed by atoms with Gasteiger partial charge in [-0.1, -0.05) is 29.3 Å². The minimum atomic E-state index is -0.705. The molecule has 0 saturated carbocycles. The van der Waals surface area contributed by atoms with Crippen LogP contribution < -0.4 is 14.8 Å². The van der Waals surface area contributed by atoms with Crippen LogP contribution in [0.1, 0.15) is 10.4 Å². The van der Waals surface area contributed by atoms with E-state index in [-0.39, 0.29) is 21.3 Å². The van der Waals surface area contributed by atoms with E-state index in [1.807, 2.05) is 0 Å². The zero-order valence-electron chi connectivity index (χ0n) is 11.7. The largest absolute Gasteiger partial charge is 0.493 e. The summed E-state index contributed by atoms with van der Waals surface area (Å²) in [5.74, 6) is -0.644. The van der Waals surface area contributed by atoms with Crippen LogP contribution in [-0.4, -0.2) is 20.1 Å². The Bertz CT molecular complexity index is 722. The number of benzene rings is 2. The van der Waals surface area contributed by atoms with Gasteiger partial charge in [-0.25, -0.2) is 4.39 Å². The van der Waals surface area contributed by atoms with Crippen molar-refractivity contribution in [2.75, 3.05) is 19.5 Å². The van der Waals surface area contributed by atoms with Crippen molar-refractivity contribution in [2.24, 2.45) is 0 Å². The molecular formula is C15H12Cl2FNO3. The van der Waals surface area contributed by atoms with Gasteiger partial charge in [0.2, 0.25) is 0 Å². The van der Waals surface area contributed by atoms with E-state index in [1.54, 1.807) is 0 Å². The molecule has 4 nitrogen and oxygen atoms in total. The topological polar surface area (TPSA) is 47.6 Å². The van der Waals surface area contributed by atoms with Crippen LogP contribution in [0, 0.1) is 5.82 Å². The molecule has 2 rings (SSSR count). The van der Waals surface area contributed by atoms with E-state index in [9.17, 15) is 9.18 Å². The zero-order valence-corrected chi connectivity index (χ0v) is 13.3. The average molecular weight is 344 g/mol. The SMILES string of the molecule is COc1cc(C(=O)Nc2cccc(Cl)c2F)cc(Cl)c1OC. The van der Waals surface area contributed by atoms with Crippen LogP contribution in [0.3, 0.4) is 0 Å². The molecule has 0 atom stereocenters. The Balaban J connectivity index is 2.34. The minimum absolute atomic E-state index is 0.0246. The summed E-state index contributed by atoms with van der Waals surface area (Å²) in [4.78, 5) is 12.2. The number of rotatable bonds is 4. The first kappa shape index (κ1) is 16.4. The first-order valence-electron chi connectivity index (χ1n) is 6.14. The smallest absolute Gasteiger partial charge is 0.255 e. The van der Waals surface area contributed by atoms with E-state index in [0.717, 1.165) is 0 Å². The third-order valence-corrected chi connectivity index (χ3v) is 3.47. The van der Waals surface area contributed by atoms with Crippen LogP contribution in [0.2, 0.25) is 10.0 Å². The van der Waals surface area contributed by atoms with Crippen molar-refractivity contribution in [3.05, 3.63) is 51.8 Å². The molecule has 0 aliphatic rings. The molecule has 0 bridgehead atoms. The van der Waals surface area contributed by atoms with Crippen molar-refractivity contribution in [1.82, 2.24) is 0 Å². The number of anilines is 1.